The SMILES string of the molecule is CCOC(=O)c1[nH]c2cccc(C(=O)OC)c2c1C. The van der Waals surface area contributed by atoms with E-state index in [2.05, 4.69) is 4.98 Å². The number of esters is 2. The van der Waals surface area contributed by atoms with Crippen molar-refractivity contribution in [2.75, 3.05) is 13.7 Å². The van der Waals surface area contributed by atoms with E-state index in [1.54, 1.807) is 32.0 Å². The van der Waals surface area contributed by atoms with Crippen molar-refractivity contribution in [1.82, 2.24) is 4.98 Å². The Morgan fingerprint density at radius 1 is 1.26 bits per heavy atom. The van der Waals surface area contributed by atoms with Gasteiger partial charge in [-0.3, -0.25) is 0 Å². The minimum atomic E-state index is -0.428. The number of rotatable bonds is 3. The first-order chi connectivity index (χ1) is 9.10. The molecule has 2 rings (SSSR count). The van der Waals surface area contributed by atoms with Crippen molar-refractivity contribution in [2.24, 2.45) is 0 Å². The highest BCUT2D eigenvalue weighted by Crippen LogP contribution is 2.26. The second kappa shape index (κ2) is 5.14. The lowest BCUT2D eigenvalue weighted by Crippen LogP contribution is -2.06. The lowest BCUT2D eigenvalue weighted by Gasteiger charge is -2.02. The van der Waals surface area contributed by atoms with Crippen LogP contribution in [0, 0.1) is 6.92 Å². The summed E-state index contributed by atoms with van der Waals surface area (Å²) in [5, 5.41) is 0.692. The van der Waals surface area contributed by atoms with Crippen LogP contribution in [-0.2, 0) is 9.47 Å². The van der Waals surface area contributed by atoms with Crippen LogP contribution in [0.3, 0.4) is 0 Å². The Morgan fingerprint density at radius 3 is 2.63 bits per heavy atom. The number of fused-ring (bicyclic) bond motifs is 1. The molecule has 1 aromatic carbocycles. The highest BCUT2D eigenvalue weighted by molar-refractivity contribution is 6.08. The number of H-pyrrole nitrogens is 1. The topological polar surface area (TPSA) is 68.4 Å². The second-order valence-corrected chi connectivity index (χ2v) is 4.07. The summed E-state index contributed by atoms with van der Waals surface area (Å²) >= 11 is 0. The lowest BCUT2D eigenvalue weighted by atomic mass is 10.1. The van der Waals surface area contributed by atoms with Crippen molar-refractivity contribution in [3.05, 3.63) is 35.0 Å². The van der Waals surface area contributed by atoms with E-state index < -0.39 is 11.9 Å². The first-order valence-electron chi connectivity index (χ1n) is 5.96. The normalized spacial score (nSPS) is 10.5. The Balaban J connectivity index is 2.64. The molecule has 0 radical (unpaired) electrons. The van der Waals surface area contributed by atoms with Crippen molar-refractivity contribution in [3.8, 4) is 0 Å². The molecule has 5 heteroatoms. The predicted molar refractivity (Wildman–Crippen MR) is 70.3 cm³/mol. The zero-order chi connectivity index (χ0) is 14.0. The van der Waals surface area contributed by atoms with Gasteiger partial charge < -0.3 is 14.5 Å². The van der Waals surface area contributed by atoms with Crippen LogP contribution in [0.5, 0.6) is 0 Å². The van der Waals surface area contributed by atoms with Gasteiger partial charge in [0.1, 0.15) is 5.69 Å². The minimum absolute atomic E-state index is 0.303. The lowest BCUT2D eigenvalue weighted by molar-refractivity contribution is 0.0518. The molecule has 19 heavy (non-hydrogen) atoms. The Hall–Kier alpha value is -2.30. The molecule has 0 aliphatic rings. The van der Waals surface area contributed by atoms with Crippen LogP contribution in [-0.4, -0.2) is 30.6 Å². The van der Waals surface area contributed by atoms with Crippen molar-refractivity contribution in [3.63, 3.8) is 0 Å². The number of carbonyl (C=O) groups excluding carboxylic acids is 2. The highest BCUT2D eigenvalue weighted by atomic mass is 16.5. The summed E-state index contributed by atoms with van der Waals surface area (Å²) in [4.78, 5) is 26.5. The van der Waals surface area contributed by atoms with Crippen molar-refractivity contribution >= 4 is 22.8 Å². The van der Waals surface area contributed by atoms with Crippen LogP contribution < -0.4 is 0 Å². The quantitative estimate of drug-likeness (QED) is 0.862. The molecule has 1 N–H and O–H groups in total. The smallest absolute Gasteiger partial charge is 0.355 e. The van der Waals surface area contributed by atoms with E-state index in [1.807, 2.05) is 0 Å². The van der Waals surface area contributed by atoms with E-state index in [0.29, 0.717) is 34.3 Å². The van der Waals surface area contributed by atoms with E-state index >= 15 is 0 Å². The number of aromatic amines is 1. The average Bonchev–Trinajstić information content (AvgIpc) is 2.76. The summed E-state index contributed by atoms with van der Waals surface area (Å²) < 4.78 is 9.73. The maximum absolute atomic E-state index is 11.8. The maximum Gasteiger partial charge on any atom is 0.355 e. The Kier molecular flexibility index (Phi) is 3.55. The standard InChI is InChI=1S/C14H15NO4/c1-4-19-14(17)12-8(2)11-9(13(16)18-3)6-5-7-10(11)15-12/h5-7,15H,4H2,1-3H3. The number of aromatic nitrogens is 1. The van der Waals surface area contributed by atoms with Gasteiger partial charge in [0.15, 0.2) is 0 Å². The fourth-order valence-electron chi connectivity index (χ4n) is 2.10. The summed E-state index contributed by atoms with van der Waals surface area (Å²) in [5.74, 6) is -0.852. The van der Waals surface area contributed by atoms with Gasteiger partial charge in [-0.1, -0.05) is 6.07 Å². The number of ether oxygens (including phenoxy) is 2. The molecule has 0 aliphatic heterocycles. The van der Waals surface area contributed by atoms with Gasteiger partial charge in [0, 0.05) is 10.9 Å². The summed E-state index contributed by atoms with van der Waals surface area (Å²) in [7, 11) is 1.33. The molecule has 0 saturated heterocycles. The average molecular weight is 261 g/mol. The molecule has 0 atom stereocenters. The van der Waals surface area contributed by atoms with Gasteiger partial charge in [-0.15, -0.1) is 0 Å². The fourth-order valence-corrected chi connectivity index (χ4v) is 2.10. The van der Waals surface area contributed by atoms with E-state index in [1.165, 1.54) is 7.11 Å². The van der Waals surface area contributed by atoms with Gasteiger partial charge in [-0.05, 0) is 31.5 Å². The minimum Gasteiger partial charge on any atom is -0.465 e. The maximum atomic E-state index is 11.8. The number of hydrogen-bond acceptors (Lipinski definition) is 4. The summed E-state index contributed by atoms with van der Waals surface area (Å²) in [5.41, 5.74) is 2.20. The van der Waals surface area contributed by atoms with Crippen LogP contribution in [0.4, 0.5) is 0 Å². The number of benzene rings is 1. The number of hydrogen-bond donors (Lipinski definition) is 1. The first kappa shape index (κ1) is 13.1. The van der Waals surface area contributed by atoms with Gasteiger partial charge in [-0.25, -0.2) is 9.59 Å². The fraction of sp³-hybridized carbons (Fsp3) is 0.286. The molecule has 1 heterocycles. The van der Waals surface area contributed by atoms with Gasteiger partial charge >= 0.3 is 11.9 Å². The number of nitrogens with one attached hydrogen (secondary N) is 1. The van der Waals surface area contributed by atoms with Crippen LogP contribution in [0.15, 0.2) is 18.2 Å². The third-order valence-corrected chi connectivity index (χ3v) is 2.96. The largest absolute Gasteiger partial charge is 0.465 e. The van der Waals surface area contributed by atoms with Crippen LogP contribution in [0.1, 0.15) is 33.3 Å². The molecule has 0 amide bonds. The molecule has 0 saturated carbocycles. The van der Waals surface area contributed by atoms with Gasteiger partial charge in [-0.2, -0.15) is 0 Å². The Morgan fingerprint density at radius 2 is 2.00 bits per heavy atom. The van der Waals surface area contributed by atoms with E-state index in [9.17, 15) is 9.59 Å². The molecule has 2 aromatic rings. The van der Waals surface area contributed by atoms with E-state index in [4.69, 9.17) is 9.47 Å². The molecular formula is C14H15NO4. The summed E-state index contributed by atoms with van der Waals surface area (Å²) in [6.45, 7) is 3.82. The number of carbonyl (C=O) groups is 2. The predicted octanol–water partition coefficient (Wildman–Crippen LogP) is 2.44. The first-order valence-corrected chi connectivity index (χ1v) is 5.96. The molecule has 100 valence electrons. The Bertz CT molecular complexity index is 642. The Labute approximate surface area is 110 Å². The van der Waals surface area contributed by atoms with Crippen molar-refractivity contribution in [1.29, 1.82) is 0 Å². The van der Waals surface area contributed by atoms with Crippen LogP contribution >= 0.6 is 0 Å². The van der Waals surface area contributed by atoms with Crippen molar-refractivity contribution < 1.29 is 19.1 Å². The van der Waals surface area contributed by atoms with Crippen LogP contribution in [0.25, 0.3) is 10.9 Å². The van der Waals surface area contributed by atoms with Gasteiger partial charge in [0.05, 0.1) is 19.3 Å². The molecule has 0 fully saturated rings. The summed E-state index contributed by atoms with van der Waals surface area (Å²) in [6, 6.07) is 5.21. The second-order valence-electron chi connectivity index (χ2n) is 4.07. The molecule has 0 spiro atoms. The molecule has 0 unspecified atom stereocenters. The third kappa shape index (κ3) is 2.19. The van der Waals surface area contributed by atoms with Crippen molar-refractivity contribution in [2.45, 2.75) is 13.8 Å². The molecule has 0 aliphatic carbocycles. The van der Waals surface area contributed by atoms with Gasteiger partial charge in [0.25, 0.3) is 0 Å². The monoisotopic (exact) mass is 261 g/mol. The number of methoxy groups -OCH3 is 1. The zero-order valence-corrected chi connectivity index (χ0v) is 11.1. The number of aryl methyl sites for hydroxylation is 1. The molecule has 0 bridgehead atoms. The molecule has 5 nitrogen and oxygen atoms in total. The zero-order valence-electron chi connectivity index (χ0n) is 11.1. The van der Waals surface area contributed by atoms with Crippen LogP contribution in [0.2, 0.25) is 0 Å². The molecule has 1 aromatic heterocycles. The van der Waals surface area contributed by atoms with E-state index in [-0.39, 0.29) is 0 Å². The van der Waals surface area contributed by atoms with E-state index in [0.717, 1.165) is 0 Å². The summed E-state index contributed by atoms with van der Waals surface area (Å²) in [6.07, 6.45) is 0. The highest BCUT2D eigenvalue weighted by Gasteiger charge is 2.20. The third-order valence-electron chi connectivity index (χ3n) is 2.96. The molecular weight excluding hydrogens is 246 g/mol. The van der Waals surface area contributed by atoms with Gasteiger partial charge in [0.2, 0.25) is 0 Å².